The second-order valence-electron chi connectivity index (χ2n) is 5.55. The molecule has 0 aromatic rings. The van der Waals surface area contributed by atoms with Crippen LogP contribution in [-0.2, 0) is 4.79 Å². The van der Waals surface area contributed by atoms with E-state index in [4.69, 9.17) is 0 Å². The zero-order valence-electron chi connectivity index (χ0n) is 12.2. The van der Waals surface area contributed by atoms with Crippen molar-refractivity contribution in [3.05, 3.63) is 0 Å². The summed E-state index contributed by atoms with van der Waals surface area (Å²) in [6, 6.07) is 0.0857. The lowest BCUT2D eigenvalue weighted by molar-refractivity contribution is -0.144. The van der Waals surface area contributed by atoms with Crippen LogP contribution in [0.25, 0.3) is 0 Å². The Hall–Kier alpha value is -0.750. The molecule has 114 valence electrons. The minimum atomic E-state index is -2.32. The van der Waals surface area contributed by atoms with E-state index in [-0.39, 0.29) is 12.6 Å². The molecule has 4 nitrogen and oxygen atoms in total. The minimum absolute atomic E-state index is 0.0857. The number of hydrogen-bond donors (Lipinski definition) is 2. The van der Waals surface area contributed by atoms with Gasteiger partial charge in [-0.3, -0.25) is 10.1 Å². The van der Waals surface area contributed by atoms with E-state index in [0.29, 0.717) is 25.8 Å². The van der Waals surface area contributed by atoms with Crippen LogP contribution in [0.4, 0.5) is 8.78 Å². The molecule has 0 aromatic heterocycles. The third-order valence-corrected chi connectivity index (χ3v) is 3.00. The van der Waals surface area contributed by atoms with Crippen LogP contribution in [0.3, 0.4) is 0 Å². The van der Waals surface area contributed by atoms with Gasteiger partial charge in [0.25, 0.3) is 6.43 Å². The molecule has 0 saturated heterocycles. The van der Waals surface area contributed by atoms with Crippen molar-refractivity contribution >= 4 is 5.97 Å². The van der Waals surface area contributed by atoms with Crippen molar-refractivity contribution in [1.82, 2.24) is 10.2 Å². The fourth-order valence-electron chi connectivity index (χ4n) is 2.07. The third kappa shape index (κ3) is 8.10. The number of carboxylic acids is 1. The van der Waals surface area contributed by atoms with Crippen molar-refractivity contribution in [2.24, 2.45) is 0 Å². The first kappa shape index (κ1) is 18.2. The summed E-state index contributed by atoms with van der Waals surface area (Å²) in [6.45, 7) is 5.79. The van der Waals surface area contributed by atoms with Gasteiger partial charge in [-0.1, -0.05) is 0 Å². The standard InChI is InChI=1S/C13H26F2N2O2/c1-10(2)16-13(3,12(18)19)7-5-6-8-17(4)9-11(14)15/h10-11,16H,5-9H2,1-4H3,(H,18,19). The topological polar surface area (TPSA) is 52.6 Å². The first-order valence-electron chi connectivity index (χ1n) is 6.65. The summed E-state index contributed by atoms with van der Waals surface area (Å²) in [7, 11) is 1.65. The van der Waals surface area contributed by atoms with E-state index < -0.39 is 17.9 Å². The predicted molar refractivity (Wildman–Crippen MR) is 71.7 cm³/mol. The molecule has 0 amide bonds. The molecular weight excluding hydrogens is 254 g/mol. The van der Waals surface area contributed by atoms with Gasteiger partial charge in [0.05, 0.1) is 6.54 Å². The van der Waals surface area contributed by atoms with Gasteiger partial charge in [0.15, 0.2) is 0 Å². The highest BCUT2D eigenvalue weighted by molar-refractivity contribution is 5.78. The highest BCUT2D eigenvalue weighted by Crippen LogP contribution is 2.15. The summed E-state index contributed by atoms with van der Waals surface area (Å²) in [5.74, 6) is -0.873. The van der Waals surface area contributed by atoms with E-state index in [9.17, 15) is 18.7 Å². The molecule has 0 aliphatic rings. The van der Waals surface area contributed by atoms with E-state index in [1.54, 1.807) is 18.9 Å². The van der Waals surface area contributed by atoms with Crippen LogP contribution in [0.15, 0.2) is 0 Å². The quantitative estimate of drug-likeness (QED) is 0.602. The van der Waals surface area contributed by atoms with E-state index in [1.165, 1.54) is 0 Å². The summed E-state index contributed by atoms with van der Waals surface area (Å²) >= 11 is 0. The van der Waals surface area contributed by atoms with Gasteiger partial charge in [0, 0.05) is 6.04 Å². The molecule has 0 fully saturated rings. The first-order valence-corrected chi connectivity index (χ1v) is 6.65. The average Bonchev–Trinajstić information content (AvgIpc) is 2.22. The average molecular weight is 280 g/mol. The predicted octanol–water partition coefficient (Wildman–Crippen LogP) is 2.19. The maximum Gasteiger partial charge on any atom is 0.323 e. The zero-order chi connectivity index (χ0) is 15.1. The molecule has 0 saturated carbocycles. The first-order chi connectivity index (χ1) is 8.67. The van der Waals surface area contributed by atoms with E-state index >= 15 is 0 Å². The monoisotopic (exact) mass is 280 g/mol. The summed E-state index contributed by atoms with van der Waals surface area (Å²) < 4.78 is 24.2. The number of unbranched alkanes of at least 4 members (excludes halogenated alkanes) is 1. The number of carboxylic acid groups (broad SMARTS) is 1. The normalized spacial score (nSPS) is 15.2. The lowest BCUT2D eigenvalue weighted by Crippen LogP contribution is -2.52. The molecule has 0 aliphatic carbocycles. The number of carbonyl (C=O) groups is 1. The van der Waals surface area contributed by atoms with Crippen molar-refractivity contribution in [2.45, 2.75) is 58.0 Å². The van der Waals surface area contributed by atoms with Gasteiger partial charge in [-0.05, 0) is 53.6 Å². The number of alkyl halides is 2. The van der Waals surface area contributed by atoms with Crippen molar-refractivity contribution in [3.63, 3.8) is 0 Å². The Balaban J connectivity index is 4.04. The molecule has 0 spiro atoms. The van der Waals surface area contributed by atoms with Crippen LogP contribution >= 0.6 is 0 Å². The van der Waals surface area contributed by atoms with Crippen LogP contribution < -0.4 is 5.32 Å². The Morgan fingerprint density at radius 3 is 2.37 bits per heavy atom. The zero-order valence-corrected chi connectivity index (χ0v) is 12.2. The van der Waals surface area contributed by atoms with Crippen molar-refractivity contribution < 1.29 is 18.7 Å². The Morgan fingerprint density at radius 2 is 1.95 bits per heavy atom. The van der Waals surface area contributed by atoms with Crippen molar-refractivity contribution in [2.75, 3.05) is 20.1 Å². The Morgan fingerprint density at radius 1 is 1.37 bits per heavy atom. The van der Waals surface area contributed by atoms with Gasteiger partial charge in [-0.25, -0.2) is 8.78 Å². The van der Waals surface area contributed by atoms with Gasteiger partial charge < -0.3 is 10.0 Å². The van der Waals surface area contributed by atoms with Gasteiger partial charge in [0.1, 0.15) is 5.54 Å². The fraction of sp³-hybridized carbons (Fsp3) is 0.923. The molecule has 1 atom stereocenters. The maximum atomic E-state index is 12.1. The molecule has 1 unspecified atom stereocenters. The van der Waals surface area contributed by atoms with Gasteiger partial charge in [0.2, 0.25) is 0 Å². The molecule has 2 N–H and O–H groups in total. The lowest BCUT2D eigenvalue weighted by Gasteiger charge is -2.29. The highest BCUT2D eigenvalue weighted by atomic mass is 19.3. The van der Waals surface area contributed by atoms with Gasteiger partial charge in [-0.15, -0.1) is 0 Å². The molecule has 6 heteroatoms. The molecule has 0 aromatic carbocycles. The van der Waals surface area contributed by atoms with Crippen LogP contribution in [0, 0.1) is 0 Å². The van der Waals surface area contributed by atoms with Gasteiger partial charge >= 0.3 is 5.97 Å². The fourth-order valence-corrected chi connectivity index (χ4v) is 2.07. The molecule has 0 radical (unpaired) electrons. The lowest BCUT2D eigenvalue weighted by atomic mass is 9.94. The summed E-state index contributed by atoms with van der Waals surface area (Å²) in [6.07, 6.45) is -0.428. The molecular formula is C13H26F2N2O2. The number of nitrogens with one attached hydrogen (secondary N) is 1. The largest absolute Gasteiger partial charge is 0.480 e. The Kier molecular flexibility index (Phi) is 8.09. The minimum Gasteiger partial charge on any atom is -0.480 e. The second-order valence-corrected chi connectivity index (χ2v) is 5.55. The summed E-state index contributed by atoms with van der Waals surface area (Å²) in [5.41, 5.74) is -0.949. The third-order valence-electron chi connectivity index (χ3n) is 3.00. The SMILES string of the molecule is CC(C)NC(C)(CCCCN(C)CC(F)F)C(=O)O. The van der Waals surface area contributed by atoms with E-state index in [0.717, 1.165) is 0 Å². The molecule has 0 heterocycles. The van der Waals surface area contributed by atoms with Crippen LogP contribution in [0.1, 0.15) is 40.0 Å². The molecule has 0 aliphatic heterocycles. The number of hydrogen-bond acceptors (Lipinski definition) is 3. The van der Waals surface area contributed by atoms with Gasteiger partial charge in [-0.2, -0.15) is 0 Å². The second kappa shape index (κ2) is 8.43. The summed E-state index contributed by atoms with van der Waals surface area (Å²) in [5, 5.41) is 12.3. The number of rotatable bonds is 10. The molecule has 19 heavy (non-hydrogen) atoms. The van der Waals surface area contributed by atoms with Crippen molar-refractivity contribution in [1.29, 1.82) is 0 Å². The summed E-state index contributed by atoms with van der Waals surface area (Å²) in [4.78, 5) is 12.8. The van der Waals surface area contributed by atoms with Crippen LogP contribution in [-0.4, -0.2) is 54.1 Å². The van der Waals surface area contributed by atoms with Crippen molar-refractivity contribution in [3.8, 4) is 0 Å². The Bertz CT molecular complexity index is 275. The number of nitrogens with zero attached hydrogens (tertiary/aromatic N) is 1. The number of aliphatic carboxylic acids is 1. The molecule has 0 rings (SSSR count). The van der Waals surface area contributed by atoms with E-state index in [1.807, 2.05) is 13.8 Å². The Labute approximate surface area is 114 Å². The van der Waals surface area contributed by atoms with Crippen LogP contribution in [0.5, 0.6) is 0 Å². The number of halogens is 2. The maximum absolute atomic E-state index is 12.1. The molecule has 0 bridgehead atoms. The van der Waals surface area contributed by atoms with E-state index in [2.05, 4.69) is 5.32 Å². The smallest absolute Gasteiger partial charge is 0.323 e. The van der Waals surface area contributed by atoms with Crippen LogP contribution in [0.2, 0.25) is 0 Å². The highest BCUT2D eigenvalue weighted by Gasteiger charge is 2.32.